The third-order valence-electron chi connectivity index (χ3n) is 5.83. The van der Waals surface area contributed by atoms with E-state index < -0.39 is 16.6 Å². The number of sulfonamides is 1. The average molecular weight is 463 g/mol. The fourth-order valence-corrected chi connectivity index (χ4v) is 5.77. The highest BCUT2D eigenvalue weighted by atomic mass is 32.2. The molecule has 1 aliphatic heterocycles. The molecule has 0 radical (unpaired) electrons. The Balaban J connectivity index is 1.40. The first kappa shape index (κ1) is 22.4. The van der Waals surface area contributed by atoms with E-state index >= 15 is 0 Å². The number of rotatable bonds is 6. The summed E-state index contributed by atoms with van der Waals surface area (Å²) in [7, 11) is -3.65. The van der Waals surface area contributed by atoms with Crippen molar-refractivity contribution in [2.24, 2.45) is 5.92 Å². The van der Waals surface area contributed by atoms with Crippen LogP contribution in [-0.4, -0.2) is 38.3 Å². The molecule has 2 aliphatic rings. The molecule has 1 aliphatic carbocycles. The summed E-state index contributed by atoms with van der Waals surface area (Å²) in [6, 6.07) is 13.7. The zero-order valence-electron chi connectivity index (χ0n) is 17.3. The summed E-state index contributed by atoms with van der Waals surface area (Å²) in [5.41, 5.74) is 2.19. The quantitative estimate of drug-likeness (QED) is 0.696. The Morgan fingerprint density at radius 3 is 2.47 bits per heavy atom. The van der Waals surface area contributed by atoms with Crippen LogP contribution in [0.5, 0.6) is 5.75 Å². The van der Waals surface area contributed by atoms with Gasteiger partial charge in [0.15, 0.2) is 0 Å². The van der Waals surface area contributed by atoms with E-state index in [9.17, 15) is 22.0 Å². The highest BCUT2D eigenvalue weighted by Crippen LogP contribution is 2.33. The third kappa shape index (κ3) is 4.99. The first-order chi connectivity index (χ1) is 15.3. The van der Waals surface area contributed by atoms with Crippen molar-refractivity contribution in [1.82, 2.24) is 4.31 Å². The SMILES string of the molecule is O=C(Nc1ccccc1)C1CCN(S(=O)(=O)C2=Cc3ccc(OC(F)F)cc3CC2)CC1. The zero-order chi connectivity index (χ0) is 22.7. The summed E-state index contributed by atoms with van der Waals surface area (Å²) < 4.78 is 57.0. The predicted octanol–water partition coefficient (Wildman–Crippen LogP) is 4.26. The highest BCUT2D eigenvalue weighted by Gasteiger charge is 2.34. The van der Waals surface area contributed by atoms with Gasteiger partial charge in [-0.1, -0.05) is 24.3 Å². The summed E-state index contributed by atoms with van der Waals surface area (Å²) in [6.45, 7) is -2.35. The predicted molar refractivity (Wildman–Crippen MR) is 118 cm³/mol. The van der Waals surface area contributed by atoms with E-state index in [0.29, 0.717) is 36.2 Å². The number of carbonyl (C=O) groups excluding carboxylic acids is 1. The lowest BCUT2D eigenvalue weighted by Crippen LogP contribution is -2.42. The van der Waals surface area contributed by atoms with Crippen LogP contribution >= 0.6 is 0 Å². The Labute approximate surface area is 185 Å². The summed E-state index contributed by atoms with van der Waals surface area (Å²) in [5, 5.41) is 2.88. The zero-order valence-corrected chi connectivity index (χ0v) is 18.2. The number of hydrogen-bond acceptors (Lipinski definition) is 4. The molecule has 0 spiro atoms. The minimum Gasteiger partial charge on any atom is -0.435 e. The van der Waals surface area contributed by atoms with Gasteiger partial charge in [0.25, 0.3) is 0 Å². The van der Waals surface area contributed by atoms with E-state index in [1.165, 1.54) is 16.4 Å². The number of fused-ring (bicyclic) bond motifs is 1. The monoisotopic (exact) mass is 462 g/mol. The molecule has 6 nitrogen and oxygen atoms in total. The van der Waals surface area contributed by atoms with Gasteiger partial charge in [-0.2, -0.15) is 13.1 Å². The van der Waals surface area contributed by atoms with Crippen LogP contribution in [-0.2, 0) is 21.2 Å². The lowest BCUT2D eigenvalue weighted by atomic mass is 9.97. The Hall–Kier alpha value is -2.78. The van der Waals surface area contributed by atoms with Crippen LogP contribution in [0.15, 0.2) is 53.4 Å². The molecular formula is C23H24F2N2O4S. The van der Waals surface area contributed by atoms with Gasteiger partial charge >= 0.3 is 6.61 Å². The molecule has 1 N–H and O–H groups in total. The van der Waals surface area contributed by atoms with Gasteiger partial charge in [-0.3, -0.25) is 4.79 Å². The number of nitrogens with zero attached hydrogens (tertiary/aromatic N) is 1. The number of nitrogens with one attached hydrogen (secondary N) is 1. The van der Waals surface area contributed by atoms with E-state index in [1.54, 1.807) is 12.1 Å². The van der Waals surface area contributed by atoms with Crippen molar-refractivity contribution in [3.05, 3.63) is 64.6 Å². The van der Waals surface area contributed by atoms with Crippen LogP contribution in [0, 0.1) is 5.92 Å². The molecule has 2 aromatic rings. The molecule has 32 heavy (non-hydrogen) atoms. The number of ether oxygens (including phenoxy) is 1. The molecule has 1 heterocycles. The number of halogens is 2. The number of aryl methyl sites for hydroxylation is 1. The highest BCUT2D eigenvalue weighted by molar-refractivity contribution is 7.93. The molecule has 1 amide bonds. The average Bonchev–Trinajstić information content (AvgIpc) is 2.79. The number of anilines is 1. The van der Waals surface area contributed by atoms with Crippen LogP contribution in [0.1, 0.15) is 30.4 Å². The molecule has 1 fully saturated rings. The van der Waals surface area contributed by atoms with E-state index in [-0.39, 0.29) is 30.7 Å². The number of alkyl halides is 2. The largest absolute Gasteiger partial charge is 0.435 e. The molecule has 0 unspecified atom stereocenters. The van der Waals surface area contributed by atoms with Gasteiger partial charge < -0.3 is 10.1 Å². The maximum absolute atomic E-state index is 13.2. The van der Waals surface area contributed by atoms with Gasteiger partial charge in [0, 0.05) is 24.7 Å². The number of allylic oxidation sites excluding steroid dienone is 1. The van der Waals surface area contributed by atoms with Crippen molar-refractivity contribution in [3.8, 4) is 5.75 Å². The van der Waals surface area contributed by atoms with Gasteiger partial charge in [-0.05, 0) is 67.2 Å². The minimum absolute atomic E-state index is 0.0642. The van der Waals surface area contributed by atoms with Crippen molar-refractivity contribution in [2.45, 2.75) is 32.3 Å². The number of hydrogen-bond donors (Lipinski definition) is 1. The first-order valence-corrected chi connectivity index (χ1v) is 11.9. The number of piperidine rings is 1. The molecule has 0 saturated carbocycles. The van der Waals surface area contributed by atoms with Crippen molar-refractivity contribution in [3.63, 3.8) is 0 Å². The van der Waals surface area contributed by atoms with Gasteiger partial charge in [0.05, 0.1) is 4.91 Å². The molecule has 0 bridgehead atoms. The Kier molecular flexibility index (Phi) is 6.57. The second-order valence-electron chi connectivity index (χ2n) is 7.88. The van der Waals surface area contributed by atoms with E-state index in [1.807, 2.05) is 30.3 Å². The van der Waals surface area contributed by atoms with Crippen molar-refractivity contribution < 1.29 is 26.7 Å². The van der Waals surface area contributed by atoms with Gasteiger partial charge in [0.2, 0.25) is 15.9 Å². The molecule has 4 rings (SSSR count). The van der Waals surface area contributed by atoms with Gasteiger partial charge in [-0.25, -0.2) is 8.42 Å². The lowest BCUT2D eigenvalue weighted by molar-refractivity contribution is -0.120. The normalized spacial score (nSPS) is 17.5. The van der Waals surface area contributed by atoms with Crippen molar-refractivity contribution in [1.29, 1.82) is 0 Å². The molecule has 0 aromatic heterocycles. The number of para-hydroxylation sites is 1. The topological polar surface area (TPSA) is 75.7 Å². The fourth-order valence-electron chi connectivity index (χ4n) is 4.11. The smallest absolute Gasteiger partial charge is 0.387 e. The van der Waals surface area contributed by atoms with Crippen molar-refractivity contribution >= 4 is 27.7 Å². The van der Waals surface area contributed by atoms with Crippen molar-refractivity contribution in [2.75, 3.05) is 18.4 Å². The standard InChI is InChI=1S/C23H24F2N2O4S/c24-23(25)31-20-8-6-18-15-21(9-7-17(18)14-20)32(29,30)27-12-10-16(11-13-27)22(28)26-19-4-2-1-3-5-19/h1-6,8,14-16,23H,7,9-13H2,(H,26,28). The maximum Gasteiger partial charge on any atom is 0.387 e. The van der Waals surface area contributed by atoms with E-state index in [0.717, 1.165) is 11.3 Å². The summed E-state index contributed by atoms with van der Waals surface area (Å²) in [6.07, 6.45) is 3.24. The Morgan fingerprint density at radius 2 is 1.78 bits per heavy atom. The Bertz CT molecular complexity index is 1110. The number of carbonyl (C=O) groups is 1. The lowest BCUT2D eigenvalue weighted by Gasteiger charge is -2.32. The second-order valence-corrected chi connectivity index (χ2v) is 9.87. The summed E-state index contributed by atoms with van der Waals surface area (Å²) >= 11 is 0. The van der Waals surface area contributed by atoms with Crippen LogP contribution in [0.4, 0.5) is 14.5 Å². The fraction of sp³-hybridized carbons (Fsp3) is 0.348. The molecular weight excluding hydrogens is 438 g/mol. The summed E-state index contributed by atoms with van der Waals surface area (Å²) in [5.74, 6) is -0.272. The third-order valence-corrected chi connectivity index (χ3v) is 7.86. The van der Waals surface area contributed by atoms with Gasteiger partial charge in [-0.15, -0.1) is 0 Å². The summed E-state index contributed by atoms with van der Waals surface area (Å²) in [4.78, 5) is 12.8. The Morgan fingerprint density at radius 1 is 1.06 bits per heavy atom. The molecule has 0 atom stereocenters. The molecule has 2 aromatic carbocycles. The van der Waals surface area contributed by atoms with E-state index in [4.69, 9.17) is 0 Å². The molecule has 1 saturated heterocycles. The number of benzene rings is 2. The minimum atomic E-state index is -3.65. The second kappa shape index (κ2) is 9.38. The van der Waals surface area contributed by atoms with Crippen LogP contribution in [0.2, 0.25) is 0 Å². The van der Waals surface area contributed by atoms with Crippen LogP contribution in [0.25, 0.3) is 6.08 Å². The molecule has 170 valence electrons. The van der Waals surface area contributed by atoms with Gasteiger partial charge in [0.1, 0.15) is 5.75 Å². The first-order valence-electron chi connectivity index (χ1n) is 10.5. The van der Waals surface area contributed by atoms with Crippen LogP contribution < -0.4 is 10.1 Å². The number of amides is 1. The van der Waals surface area contributed by atoms with Crippen LogP contribution in [0.3, 0.4) is 0 Å². The molecule has 9 heteroatoms. The maximum atomic E-state index is 13.2. The van der Waals surface area contributed by atoms with E-state index in [2.05, 4.69) is 10.1 Å².